The lowest BCUT2D eigenvalue weighted by Crippen LogP contribution is -2.29. The monoisotopic (exact) mass is 306 g/mol. The predicted molar refractivity (Wildman–Crippen MR) is 82.0 cm³/mol. The summed E-state index contributed by atoms with van der Waals surface area (Å²) >= 11 is 5.15. The van der Waals surface area contributed by atoms with Crippen LogP contribution in [0, 0.1) is 4.77 Å². The van der Waals surface area contributed by atoms with Gasteiger partial charge in [0.1, 0.15) is 5.75 Å². The van der Waals surface area contributed by atoms with Gasteiger partial charge >= 0.3 is 0 Å². The van der Waals surface area contributed by atoms with Crippen LogP contribution in [0.4, 0.5) is 0 Å². The second-order valence-corrected chi connectivity index (χ2v) is 4.91. The Kier molecular flexibility index (Phi) is 4.74. The van der Waals surface area contributed by atoms with Crippen LogP contribution in [-0.2, 0) is 6.54 Å². The highest BCUT2D eigenvalue weighted by atomic mass is 32.1. The minimum atomic E-state index is -0.268. The van der Waals surface area contributed by atoms with Gasteiger partial charge in [-0.1, -0.05) is 12.1 Å². The normalized spacial score (nSPS) is 12.0. The van der Waals surface area contributed by atoms with E-state index in [1.807, 2.05) is 24.5 Å². The van der Waals surface area contributed by atoms with Crippen LogP contribution in [0.5, 0.6) is 5.75 Å². The quantitative estimate of drug-likeness (QED) is 0.832. The standard InChI is InChI=1S/C14H18N4O2S/c1-4-18-12(16-17-14(18)21)9(2)15-13(19)10-7-5-6-8-11(10)20-3/h5-9H,4H2,1-3H3,(H,15,19)(H,17,21)/t9-/m1/s1. The maximum Gasteiger partial charge on any atom is 0.255 e. The summed E-state index contributed by atoms with van der Waals surface area (Å²) < 4.78 is 7.60. The van der Waals surface area contributed by atoms with Crippen molar-refractivity contribution in [3.05, 3.63) is 40.4 Å². The Hall–Kier alpha value is -2.15. The molecule has 112 valence electrons. The molecular formula is C14H18N4O2S. The molecule has 1 atom stereocenters. The van der Waals surface area contributed by atoms with E-state index in [1.54, 1.807) is 18.2 Å². The van der Waals surface area contributed by atoms with Gasteiger partial charge in [0.05, 0.1) is 18.7 Å². The Balaban J connectivity index is 2.21. The molecule has 2 aromatic rings. The van der Waals surface area contributed by atoms with Gasteiger partial charge in [-0.15, -0.1) is 0 Å². The van der Waals surface area contributed by atoms with Crippen molar-refractivity contribution in [3.8, 4) is 5.75 Å². The summed E-state index contributed by atoms with van der Waals surface area (Å²) in [5.41, 5.74) is 0.490. The smallest absolute Gasteiger partial charge is 0.255 e. The van der Waals surface area contributed by atoms with Crippen molar-refractivity contribution in [2.75, 3.05) is 7.11 Å². The molecule has 1 amide bonds. The molecule has 21 heavy (non-hydrogen) atoms. The second-order valence-electron chi connectivity index (χ2n) is 4.53. The lowest BCUT2D eigenvalue weighted by Gasteiger charge is -2.15. The van der Waals surface area contributed by atoms with Gasteiger partial charge in [0.2, 0.25) is 0 Å². The third-order valence-corrected chi connectivity index (χ3v) is 3.50. The van der Waals surface area contributed by atoms with E-state index in [4.69, 9.17) is 17.0 Å². The number of ether oxygens (including phenoxy) is 1. The number of nitrogens with one attached hydrogen (secondary N) is 2. The summed E-state index contributed by atoms with van der Waals surface area (Å²) in [6.07, 6.45) is 0. The Morgan fingerprint density at radius 3 is 2.90 bits per heavy atom. The number of hydrogen-bond acceptors (Lipinski definition) is 4. The molecule has 7 heteroatoms. The van der Waals surface area contributed by atoms with Crippen LogP contribution >= 0.6 is 12.2 Å². The number of carbonyl (C=O) groups is 1. The highest BCUT2D eigenvalue weighted by molar-refractivity contribution is 7.71. The first kappa shape index (κ1) is 15.2. The number of rotatable bonds is 5. The number of nitrogens with zero attached hydrogens (tertiary/aromatic N) is 2. The van der Waals surface area contributed by atoms with Crippen LogP contribution in [0.2, 0.25) is 0 Å². The number of amides is 1. The molecule has 0 unspecified atom stereocenters. The third-order valence-electron chi connectivity index (χ3n) is 3.19. The Bertz CT molecular complexity index is 692. The molecule has 1 aromatic carbocycles. The summed E-state index contributed by atoms with van der Waals surface area (Å²) in [4.78, 5) is 12.4. The van der Waals surface area contributed by atoms with Crippen LogP contribution < -0.4 is 10.1 Å². The SMILES string of the molecule is CCn1c([C@@H](C)NC(=O)c2ccccc2OC)n[nH]c1=S. The van der Waals surface area contributed by atoms with E-state index in [9.17, 15) is 4.79 Å². The molecule has 1 aromatic heterocycles. The molecule has 1 heterocycles. The summed E-state index contributed by atoms with van der Waals surface area (Å²) in [6.45, 7) is 4.54. The van der Waals surface area contributed by atoms with Crippen LogP contribution in [0.25, 0.3) is 0 Å². The van der Waals surface area contributed by atoms with Crippen molar-refractivity contribution in [2.45, 2.75) is 26.4 Å². The molecule has 0 aliphatic rings. The first-order valence-corrected chi connectivity index (χ1v) is 7.08. The van der Waals surface area contributed by atoms with Crippen LogP contribution in [0.3, 0.4) is 0 Å². The zero-order chi connectivity index (χ0) is 15.4. The van der Waals surface area contributed by atoms with E-state index < -0.39 is 0 Å². The van der Waals surface area contributed by atoms with Crippen LogP contribution in [0.1, 0.15) is 36.1 Å². The molecule has 0 saturated heterocycles. The van der Waals surface area contributed by atoms with E-state index >= 15 is 0 Å². The summed E-state index contributed by atoms with van der Waals surface area (Å²) in [5, 5.41) is 9.83. The van der Waals surface area contributed by atoms with Gasteiger partial charge in [0, 0.05) is 6.54 Å². The van der Waals surface area contributed by atoms with Crippen LogP contribution in [0.15, 0.2) is 24.3 Å². The third kappa shape index (κ3) is 3.13. The molecule has 0 spiro atoms. The molecule has 6 nitrogen and oxygen atoms in total. The fraction of sp³-hybridized carbons (Fsp3) is 0.357. The van der Waals surface area contributed by atoms with Gasteiger partial charge < -0.3 is 14.6 Å². The maximum absolute atomic E-state index is 12.4. The zero-order valence-electron chi connectivity index (χ0n) is 12.2. The molecule has 0 saturated carbocycles. The number of methoxy groups -OCH3 is 1. The minimum absolute atomic E-state index is 0.212. The van der Waals surface area contributed by atoms with Crippen molar-refractivity contribution in [2.24, 2.45) is 0 Å². The van der Waals surface area contributed by atoms with E-state index in [0.29, 0.717) is 28.5 Å². The fourth-order valence-corrected chi connectivity index (χ4v) is 2.41. The van der Waals surface area contributed by atoms with E-state index in [2.05, 4.69) is 15.5 Å². The van der Waals surface area contributed by atoms with E-state index in [1.165, 1.54) is 7.11 Å². The summed E-state index contributed by atoms with van der Waals surface area (Å²) in [6, 6.07) is 6.82. The van der Waals surface area contributed by atoms with Crippen LogP contribution in [-0.4, -0.2) is 27.8 Å². The van der Waals surface area contributed by atoms with Crippen molar-refractivity contribution >= 4 is 18.1 Å². The lowest BCUT2D eigenvalue weighted by atomic mass is 10.1. The number of aromatic nitrogens is 3. The summed E-state index contributed by atoms with van der Waals surface area (Å²) in [7, 11) is 1.54. The molecule has 2 N–H and O–H groups in total. The van der Waals surface area contributed by atoms with Gasteiger partial charge in [0.25, 0.3) is 5.91 Å². The van der Waals surface area contributed by atoms with Gasteiger partial charge in [-0.25, -0.2) is 0 Å². The molecule has 0 aliphatic heterocycles. The molecule has 0 aliphatic carbocycles. The van der Waals surface area contributed by atoms with Crippen molar-refractivity contribution in [1.29, 1.82) is 0 Å². The molecule has 2 rings (SSSR count). The number of carbonyl (C=O) groups excluding carboxylic acids is 1. The summed E-state index contributed by atoms with van der Waals surface area (Å²) in [5.74, 6) is 1.03. The average molecular weight is 306 g/mol. The highest BCUT2D eigenvalue weighted by Crippen LogP contribution is 2.18. The number of benzene rings is 1. The number of para-hydroxylation sites is 1. The maximum atomic E-state index is 12.4. The topological polar surface area (TPSA) is 71.9 Å². The largest absolute Gasteiger partial charge is 0.496 e. The average Bonchev–Trinajstić information content (AvgIpc) is 2.87. The number of hydrogen-bond donors (Lipinski definition) is 2. The Labute approximate surface area is 128 Å². The van der Waals surface area contributed by atoms with Gasteiger partial charge in [0.15, 0.2) is 10.6 Å². The van der Waals surface area contributed by atoms with Gasteiger partial charge in [-0.2, -0.15) is 5.10 Å². The molecule has 0 fully saturated rings. The van der Waals surface area contributed by atoms with Crippen molar-refractivity contribution < 1.29 is 9.53 Å². The van der Waals surface area contributed by atoms with Gasteiger partial charge in [-0.3, -0.25) is 9.89 Å². The van der Waals surface area contributed by atoms with Crippen molar-refractivity contribution in [3.63, 3.8) is 0 Å². The van der Waals surface area contributed by atoms with E-state index in [0.717, 1.165) is 0 Å². The molecule has 0 bridgehead atoms. The van der Waals surface area contributed by atoms with Crippen molar-refractivity contribution in [1.82, 2.24) is 20.1 Å². The second kappa shape index (κ2) is 6.53. The Morgan fingerprint density at radius 1 is 1.52 bits per heavy atom. The highest BCUT2D eigenvalue weighted by Gasteiger charge is 2.18. The zero-order valence-corrected chi connectivity index (χ0v) is 13.0. The number of H-pyrrole nitrogens is 1. The molecular weight excluding hydrogens is 288 g/mol. The minimum Gasteiger partial charge on any atom is -0.496 e. The fourth-order valence-electron chi connectivity index (χ4n) is 2.14. The van der Waals surface area contributed by atoms with Gasteiger partial charge in [-0.05, 0) is 38.2 Å². The molecule has 0 radical (unpaired) electrons. The van der Waals surface area contributed by atoms with E-state index in [-0.39, 0.29) is 11.9 Å². The Morgan fingerprint density at radius 2 is 2.24 bits per heavy atom. The lowest BCUT2D eigenvalue weighted by molar-refractivity contribution is 0.0934. The number of aromatic amines is 1. The predicted octanol–water partition coefficient (Wildman–Crippen LogP) is 2.46. The first-order valence-electron chi connectivity index (χ1n) is 6.67. The first-order chi connectivity index (χ1) is 10.1.